The largest absolute Gasteiger partial charge is 0.497 e. The van der Waals surface area contributed by atoms with E-state index in [4.69, 9.17) is 4.74 Å². The fraction of sp³-hybridized carbons (Fsp3) is 0.462. The first kappa shape index (κ1) is 15.7. The van der Waals surface area contributed by atoms with Gasteiger partial charge in [-0.3, -0.25) is 4.79 Å². The van der Waals surface area contributed by atoms with Crippen molar-refractivity contribution in [1.82, 2.24) is 9.62 Å². The molecule has 7 nitrogen and oxygen atoms in total. The predicted octanol–water partition coefficient (Wildman–Crippen LogP) is -0.570. The van der Waals surface area contributed by atoms with E-state index in [2.05, 4.69) is 4.72 Å². The van der Waals surface area contributed by atoms with Crippen molar-refractivity contribution in [2.24, 2.45) is 0 Å². The van der Waals surface area contributed by atoms with Crippen LogP contribution in [0.2, 0.25) is 0 Å². The van der Waals surface area contributed by atoms with Gasteiger partial charge in [0.15, 0.2) is 0 Å². The standard InChI is InChI=1S/C13H18N2O5S/c1-20-10-5-3-4-9(6-10)13(17)15-7-11(12(16)8-15)14-21(2,18)19/h3-6,11-12,14,16H,7-8H2,1-2H3/t11-,12-/m1/s1. The van der Waals surface area contributed by atoms with Crippen molar-refractivity contribution in [2.45, 2.75) is 12.1 Å². The molecular formula is C13H18N2O5S. The summed E-state index contributed by atoms with van der Waals surface area (Å²) in [7, 11) is -1.92. The van der Waals surface area contributed by atoms with E-state index in [1.54, 1.807) is 24.3 Å². The van der Waals surface area contributed by atoms with E-state index in [0.29, 0.717) is 11.3 Å². The molecule has 1 aromatic carbocycles. The monoisotopic (exact) mass is 314 g/mol. The molecule has 2 rings (SSSR count). The van der Waals surface area contributed by atoms with Gasteiger partial charge in [0, 0.05) is 18.7 Å². The third kappa shape index (κ3) is 3.93. The molecule has 0 aliphatic carbocycles. The summed E-state index contributed by atoms with van der Waals surface area (Å²) in [6, 6.07) is 5.99. The smallest absolute Gasteiger partial charge is 0.254 e. The van der Waals surface area contributed by atoms with Gasteiger partial charge in [0.1, 0.15) is 5.75 Å². The fourth-order valence-corrected chi connectivity index (χ4v) is 3.06. The maximum Gasteiger partial charge on any atom is 0.254 e. The van der Waals surface area contributed by atoms with Crippen LogP contribution >= 0.6 is 0 Å². The summed E-state index contributed by atoms with van der Waals surface area (Å²) in [6.07, 6.45) is 0.0981. The topological polar surface area (TPSA) is 95.9 Å². The maximum absolute atomic E-state index is 12.4. The number of nitrogens with one attached hydrogen (secondary N) is 1. The van der Waals surface area contributed by atoms with Crippen molar-refractivity contribution in [3.63, 3.8) is 0 Å². The van der Waals surface area contributed by atoms with Gasteiger partial charge < -0.3 is 14.7 Å². The molecule has 2 N–H and O–H groups in total. The molecule has 1 aliphatic rings. The number of β-amino-alcohol motifs (C(OH)–C–C–N with tert-alkyl or cyclic N) is 1. The fourth-order valence-electron chi connectivity index (χ4n) is 2.28. The highest BCUT2D eigenvalue weighted by molar-refractivity contribution is 7.88. The Morgan fingerprint density at radius 1 is 1.43 bits per heavy atom. The number of aliphatic hydroxyl groups excluding tert-OH is 1. The Balaban J connectivity index is 2.10. The van der Waals surface area contributed by atoms with Gasteiger partial charge in [-0.2, -0.15) is 0 Å². The second-order valence-electron chi connectivity index (χ2n) is 5.01. The first-order chi connectivity index (χ1) is 9.80. The third-order valence-electron chi connectivity index (χ3n) is 3.26. The lowest BCUT2D eigenvalue weighted by atomic mass is 10.2. The molecule has 116 valence electrons. The van der Waals surface area contributed by atoms with Crippen LogP contribution in [0.15, 0.2) is 24.3 Å². The summed E-state index contributed by atoms with van der Waals surface area (Å²) < 4.78 is 29.8. The normalized spacial score (nSPS) is 22.3. The molecule has 0 spiro atoms. The Labute approximate surface area is 123 Å². The van der Waals surface area contributed by atoms with Gasteiger partial charge in [0.25, 0.3) is 5.91 Å². The highest BCUT2D eigenvalue weighted by atomic mass is 32.2. The minimum atomic E-state index is -3.43. The number of likely N-dealkylation sites (tertiary alicyclic amines) is 1. The molecule has 1 amide bonds. The summed E-state index contributed by atoms with van der Waals surface area (Å²) >= 11 is 0. The van der Waals surface area contributed by atoms with Crippen molar-refractivity contribution in [3.8, 4) is 5.75 Å². The van der Waals surface area contributed by atoms with Crippen LogP contribution in [0.5, 0.6) is 5.75 Å². The zero-order chi connectivity index (χ0) is 15.6. The number of carbonyl (C=O) groups excluding carboxylic acids is 1. The molecular weight excluding hydrogens is 296 g/mol. The summed E-state index contributed by atoms with van der Waals surface area (Å²) in [5.41, 5.74) is 0.432. The lowest BCUT2D eigenvalue weighted by Gasteiger charge is -2.16. The number of nitrogens with zero attached hydrogens (tertiary/aromatic N) is 1. The number of benzene rings is 1. The second-order valence-corrected chi connectivity index (χ2v) is 6.79. The minimum absolute atomic E-state index is 0.0865. The summed E-state index contributed by atoms with van der Waals surface area (Å²) in [6.45, 7) is 0.216. The van der Waals surface area contributed by atoms with Gasteiger partial charge in [0.2, 0.25) is 10.0 Å². The van der Waals surface area contributed by atoms with Gasteiger partial charge in [-0.05, 0) is 18.2 Å². The van der Waals surface area contributed by atoms with E-state index in [1.165, 1.54) is 12.0 Å². The molecule has 2 atom stereocenters. The minimum Gasteiger partial charge on any atom is -0.497 e. The van der Waals surface area contributed by atoms with Crippen LogP contribution in [0, 0.1) is 0 Å². The zero-order valence-corrected chi connectivity index (χ0v) is 12.6. The van der Waals surface area contributed by atoms with Crippen LogP contribution in [0.25, 0.3) is 0 Å². The zero-order valence-electron chi connectivity index (χ0n) is 11.8. The number of amides is 1. The first-order valence-corrected chi connectivity index (χ1v) is 8.28. The van der Waals surface area contributed by atoms with Crippen LogP contribution in [0.1, 0.15) is 10.4 Å². The van der Waals surface area contributed by atoms with Gasteiger partial charge >= 0.3 is 0 Å². The Morgan fingerprint density at radius 2 is 2.14 bits per heavy atom. The molecule has 1 saturated heterocycles. The quantitative estimate of drug-likeness (QED) is 0.776. The number of carbonyl (C=O) groups is 1. The molecule has 0 radical (unpaired) electrons. The lowest BCUT2D eigenvalue weighted by molar-refractivity contribution is 0.0764. The lowest BCUT2D eigenvalue weighted by Crippen LogP contribution is -2.42. The summed E-state index contributed by atoms with van der Waals surface area (Å²) in [5, 5.41) is 9.87. The Bertz CT molecular complexity index is 631. The van der Waals surface area contributed by atoms with Crippen molar-refractivity contribution in [3.05, 3.63) is 29.8 Å². The molecule has 0 bridgehead atoms. The SMILES string of the molecule is COc1cccc(C(=O)N2C[C@@H](O)[C@H](NS(C)(=O)=O)C2)c1. The molecule has 1 aromatic rings. The van der Waals surface area contributed by atoms with Crippen LogP contribution in [0.4, 0.5) is 0 Å². The number of hydrogen-bond donors (Lipinski definition) is 2. The van der Waals surface area contributed by atoms with Crippen LogP contribution in [-0.4, -0.2) is 62.9 Å². The number of methoxy groups -OCH3 is 1. The average molecular weight is 314 g/mol. The van der Waals surface area contributed by atoms with Gasteiger partial charge in [-0.1, -0.05) is 6.07 Å². The number of sulfonamides is 1. The number of hydrogen-bond acceptors (Lipinski definition) is 5. The molecule has 1 fully saturated rings. The molecule has 0 unspecified atom stereocenters. The van der Waals surface area contributed by atoms with Crippen LogP contribution in [0.3, 0.4) is 0 Å². The van der Waals surface area contributed by atoms with E-state index in [9.17, 15) is 18.3 Å². The molecule has 1 aliphatic heterocycles. The Kier molecular flexibility index (Phi) is 4.50. The van der Waals surface area contributed by atoms with Gasteiger partial charge in [0.05, 0.1) is 25.5 Å². The summed E-state index contributed by atoms with van der Waals surface area (Å²) in [4.78, 5) is 13.8. The van der Waals surface area contributed by atoms with E-state index in [0.717, 1.165) is 6.26 Å². The first-order valence-electron chi connectivity index (χ1n) is 6.39. The van der Waals surface area contributed by atoms with Crippen molar-refractivity contribution < 1.29 is 23.1 Å². The molecule has 21 heavy (non-hydrogen) atoms. The maximum atomic E-state index is 12.4. The van der Waals surface area contributed by atoms with Crippen molar-refractivity contribution in [2.75, 3.05) is 26.5 Å². The highest BCUT2D eigenvalue weighted by Gasteiger charge is 2.35. The van der Waals surface area contributed by atoms with E-state index < -0.39 is 22.2 Å². The van der Waals surface area contributed by atoms with E-state index in [1.807, 2.05) is 0 Å². The number of aliphatic hydroxyl groups is 1. The Morgan fingerprint density at radius 3 is 2.76 bits per heavy atom. The van der Waals surface area contributed by atoms with Gasteiger partial charge in [-0.25, -0.2) is 13.1 Å². The predicted molar refractivity (Wildman–Crippen MR) is 76.7 cm³/mol. The number of rotatable bonds is 4. The van der Waals surface area contributed by atoms with Crippen LogP contribution < -0.4 is 9.46 Å². The van der Waals surface area contributed by atoms with E-state index in [-0.39, 0.29) is 19.0 Å². The molecule has 1 heterocycles. The highest BCUT2D eigenvalue weighted by Crippen LogP contribution is 2.18. The average Bonchev–Trinajstić information content (AvgIpc) is 2.77. The molecule has 0 aromatic heterocycles. The van der Waals surface area contributed by atoms with Crippen LogP contribution in [-0.2, 0) is 10.0 Å². The van der Waals surface area contributed by atoms with Crippen molar-refractivity contribution >= 4 is 15.9 Å². The third-order valence-corrected chi connectivity index (χ3v) is 3.99. The second kappa shape index (κ2) is 6.00. The number of ether oxygens (including phenoxy) is 1. The summed E-state index contributed by atoms with van der Waals surface area (Å²) in [5.74, 6) is 0.289. The van der Waals surface area contributed by atoms with Gasteiger partial charge in [-0.15, -0.1) is 0 Å². The molecule has 0 saturated carbocycles. The Hall–Kier alpha value is -1.64. The van der Waals surface area contributed by atoms with E-state index >= 15 is 0 Å². The van der Waals surface area contributed by atoms with Crippen molar-refractivity contribution in [1.29, 1.82) is 0 Å². The molecule has 8 heteroatoms.